The third-order valence-corrected chi connectivity index (χ3v) is 5.43. The zero-order chi connectivity index (χ0) is 20.5. The number of carbonyl (C=O) groups excluding carboxylic acids is 3. The minimum absolute atomic E-state index is 0.325. The summed E-state index contributed by atoms with van der Waals surface area (Å²) in [6, 6.07) is 13.7. The Morgan fingerprint density at radius 2 is 1.93 bits per heavy atom. The molecular formula is C20H19BrClN3O3. The van der Waals surface area contributed by atoms with Crippen LogP contribution in [0.15, 0.2) is 53.0 Å². The molecule has 0 aromatic heterocycles. The van der Waals surface area contributed by atoms with E-state index in [1.165, 1.54) is 4.90 Å². The Kier molecular flexibility index (Phi) is 5.76. The molecule has 1 aliphatic heterocycles. The van der Waals surface area contributed by atoms with E-state index in [2.05, 4.69) is 21.2 Å². The van der Waals surface area contributed by atoms with Gasteiger partial charge in [0.05, 0.1) is 0 Å². The number of nitrogens with one attached hydrogen (secondary N) is 1. The zero-order valence-electron chi connectivity index (χ0n) is 15.4. The molecular weight excluding hydrogens is 446 g/mol. The molecule has 1 aliphatic rings. The maximum atomic E-state index is 12.9. The predicted octanol–water partition coefficient (Wildman–Crippen LogP) is 3.53. The molecule has 3 rings (SSSR count). The summed E-state index contributed by atoms with van der Waals surface area (Å²) in [5, 5.41) is 3.28. The van der Waals surface area contributed by atoms with Crippen LogP contribution >= 0.6 is 27.5 Å². The number of halogens is 2. The molecule has 2 aromatic rings. The van der Waals surface area contributed by atoms with Crippen molar-refractivity contribution in [3.63, 3.8) is 0 Å². The molecule has 0 unspecified atom stereocenters. The van der Waals surface area contributed by atoms with Crippen molar-refractivity contribution in [1.82, 2.24) is 15.1 Å². The van der Waals surface area contributed by atoms with E-state index in [1.54, 1.807) is 50.4 Å². The van der Waals surface area contributed by atoms with Gasteiger partial charge in [-0.1, -0.05) is 51.8 Å². The lowest BCUT2D eigenvalue weighted by Crippen LogP contribution is -2.43. The molecule has 2 aromatic carbocycles. The number of likely N-dealkylation sites (N-methyl/N-ethyl adjacent to an activating group) is 1. The van der Waals surface area contributed by atoms with Crippen LogP contribution in [0.2, 0.25) is 5.02 Å². The second kappa shape index (κ2) is 7.93. The summed E-state index contributed by atoms with van der Waals surface area (Å²) in [5.41, 5.74) is 0.286. The Morgan fingerprint density at radius 1 is 1.21 bits per heavy atom. The van der Waals surface area contributed by atoms with E-state index in [9.17, 15) is 14.4 Å². The first-order valence-corrected chi connectivity index (χ1v) is 9.76. The van der Waals surface area contributed by atoms with Gasteiger partial charge in [0.2, 0.25) is 5.91 Å². The Balaban J connectivity index is 1.72. The van der Waals surface area contributed by atoms with Crippen LogP contribution in [-0.4, -0.2) is 41.2 Å². The van der Waals surface area contributed by atoms with Crippen LogP contribution < -0.4 is 5.32 Å². The fourth-order valence-corrected chi connectivity index (χ4v) is 3.70. The Morgan fingerprint density at radius 3 is 2.61 bits per heavy atom. The van der Waals surface area contributed by atoms with Crippen molar-refractivity contribution in [1.29, 1.82) is 0 Å². The largest absolute Gasteiger partial charge is 0.340 e. The molecule has 0 aliphatic carbocycles. The molecule has 0 saturated carbocycles. The highest BCUT2D eigenvalue weighted by Crippen LogP contribution is 2.30. The summed E-state index contributed by atoms with van der Waals surface area (Å²) in [7, 11) is 1.62. The van der Waals surface area contributed by atoms with Crippen molar-refractivity contribution in [3.8, 4) is 0 Å². The average molecular weight is 465 g/mol. The molecule has 146 valence electrons. The van der Waals surface area contributed by atoms with Crippen LogP contribution in [0, 0.1) is 0 Å². The van der Waals surface area contributed by atoms with Gasteiger partial charge in [-0.25, -0.2) is 4.79 Å². The lowest BCUT2D eigenvalue weighted by molar-refractivity contribution is -0.138. The molecule has 4 amide bonds. The summed E-state index contributed by atoms with van der Waals surface area (Å²) in [6.45, 7) is 1.63. The van der Waals surface area contributed by atoms with Crippen molar-refractivity contribution in [2.24, 2.45) is 0 Å². The van der Waals surface area contributed by atoms with Crippen molar-refractivity contribution in [2.45, 2.75) is 19.0 Å². The molecule has 8 heteroatoms. The SMILES string of the molecule is CN(Cc1cccc(Cl)c1)C(=O)CN1C(=O)N[C@@](C)(c2cccc(Br)c2)C1=O. The highest BCUT2D eigenvalue weighted by Gasteiger charge is 2.49. The van der Waals surface area contributed by atoms with Gasteiger partial charge in [0.15, 0.2) is 0 Å². The maximum Gasteiger partial charge on any atom is 0.325 e. The van der Waals surface area contributed by atoms with Crippen LogP contribution in [0.5, 0.6) is 0 Å². The smallest absolute Gasteiger partial charge is 0.325 e. The van der Waals surface area contributed by atoms with Gasteiger partial charge in [0.1, 0.15) is 12.1 Å². The first-order valence-electron chi connectivity index (χ1n) is 8.59. The molecule has 0 spiro atoms. The number of urea groups is 1. The first-order chi connectivity index (χ1) is 13.2. The lowest BCUT2D eigenvalue weighted by atomic mass is 9.92. The molecule has 0 radical (unpaired) electrons. The first kappa shape index (κ1) is 20.4. The van der Waals surface area contributed by atoms with Crippen LogP contribution in [0.1, 0.15) is 18.1 Å². The number of amides is 4. The molecule has 1 N–H and O–H groups in total. The quantitative estimate of drug-likeness (QED) is 0.688. The van der Waals surface area contributed by atoms with Crippen LogP contribution in [-0.2, 0) is 21.7 Å². The number of rotatable bonds is 5. The van der Waals surface area contributed by atoms with Crippen molar-refractivity contribution >= 4 is 45.4 Å². The van der Waals surface area contributed by atoms with E-state index in [1.807, 2.05) is 12.1 Å². The van der Waals surface area contributed by atoms with E-state index < -0.39 is 17.5 Å². The van der Waals surface area contributed by atoms with E-state index in [0.717, 1.165) is 14.9 Å². The molecule has 1 atom stereocenters. The number of nitrogens with zero attached hydrogens (tertiary/aromatic N) is 2. The Bertz CT molecular complexity index is 952. The molecule has 6 nitrogen and oxygen atoms in total. The minimum Gasteiger partial charge on any atom is -0.340 e. The fourth-order valence-electron chi connectivity index (χ4n) is 3.09. The van der Waals surface area contributed by atoms with Gasteiger partial charge in [-0.2, -0.15) is 0 Å². The van der Waals surface area contributed by atoms with Gasteiger partial charge >= 0.3 is 6.03 Å². The van der Waals surface area contributed by atoms with Crippen LogP contribution in [0.3, 0.4) is 0 Å². The normalized spacial score (nSPS) is 18.9. The Hall–Kier alpha value is -2.38. The van der Waals surface area contributed by atoms with E-state index >= 15 is 0 Å². The van der Waals surface area contributed by atoms with Gasteiger partial charge in [-0.15, -0.1) is 0 Å². The third-order valence-electron chi connectivity index (χ3n) is 4.70. The monoisotopic (exact) mass is 463 g/mol. The number of imide groups is 1. The standard InChI is InChI=1S/C20H19BrClN3O3/c1-20(14-6-4-7-15(21)10-14)18(27)25(19(28)23-20)12-17(26)24(2)11-13-5-3-8-16(22)9-13/h3-10H,11-12H2,1-2H3,(H,23,28)/t20-/m0/s1. The van der Waals surface area contributed by atoms with Gasteiger partial charge in [-0.3, -0.25) is 14.5 Å². The average Bonchev–Trinajstić information content (AvgIpc) is 2.86. The summed E-state index contributed by atoms with van der Waals surface area (Å²) in [5.74, 6) is -0.804. The second-order valence-electron chi connectivity index (χ2n) is 6.84. The fraction of sp³-hybridized carbons (Fsp3) is 0.250. The molecule has 1 heterocycles. The summed E-state index contributed by atoms with van der Waals surface area (Å²) < 4.78 is 0.795. The third kappa shape index (κ3) is 4.05. The molecule has 1 fully saturated rings. The van der Waals surface area contributed by atoms with Crippen molar-refractivity contribution < 1.29 is 14.4 Å². The van der Waals surface area contributed by atoms with E-state index in [4.69, 9.17) is 11.6 Å². The van der Waals surface area contributed by atoms with Gasteiger partial charge in [0.25, 0.3) is 5.91 Å². The van der Waals surface area contributed by atoms with Crippen molar-refractivity contribution in [3.05, 3.63) is 69.2 Å². The Labute approximate surface area is 176 Å². The number of hydrogen-bond acceptors (Lipinski definition) is 3. The lowest BCUT2D eigenvalue weighted by Gasteiger charge is -2.23. The topological polar surface area (TPSA) is 69.7 Å². The highest BCUT2D eigenvalue weighted by atomic mass is 79.9. The zero-order valence-corrected chi connectivity index (χ0v) is 17.8. The highest BCUT2D eigenvalue weighted by molar-refractivity contribution is 9.10. The second-order valence-corrected chi connectivity index (χ2v) is 8.19. The van der Waals surface area contributed by atoms with E-state index in [0.29, 0.717) is 17.1 Å². The van der Waals surface area contributed by atoms with Gasteiger partial charge < -0.3 is 10.2 Å². The van der Waals surface area contributed by atoms with E-state index in [-0.39, 0.29) is 12.5 Å². The summed E-state index contributed by atoms with van der Waals surface area (Å²) in [6.07, 6.45) is 0. The van der Waals surface area contributed by atoms with Crippen LogP contribution in [0.4, 0.5) is 4.79 Å². The predicted molar refractivity (Wildman–Crippen MR) is 110 cm³/mol. The maximum absolute atomic E-state index is 12.9. The summed E-state index contributed by atoms with van der Waals surface area (Å²) in [4.78, 5) is 40.4. The minimum atomic E-state index is -1.22. The van der Waals surface area contributed by atoms with Crippen molar-refractivity contribution in [2.75, 3.05) is 13.6 Å². The number of carbonyl (C=O) groups is 3. The molecule has 1 saturated heterocycles. The van der Waals surface area contributed by atoms with Crippen LogP contribution in [0.25, 0.3) is 0 Å². The summed E-state index contributed by atoms with van der Waals surface area (Å²) >= 11 is 9.34. The molecule has 0 bridgehead atoms. The van der Waals surface area contributed by atoms with Gasteiger partial charge in [0, 0.05) is 23.1 Å². The molecule has 28 heavy (non-hydrogen) atoms. The number of hydrogen-bond donors (Lipinski definition) is 1. The van der Waals surface area contributed by atoms with Gasteiger partial charge in [-0.05, 0) is 42.3 Å². The number of benzene rings is 2.